The molecule has 0 amide bonds. The summed E-state index contributed by atoms with van der Waals surface area (Å²) < 4.78 is 0.822. The zero-order chi connectivity index (χ0) is 9.42. The number of fused-ring (bicyclic) bond motifs is 1. The van der Waals surface area contributed by atoms with Crippen LogP contribution in [0.5, 0.6) is 5.75 Å². The van der Waals surface area contributed by atoms with Crippen molar-refractivity contribution in [2.75, 3.05) is 0 Å². The molecule has 1 N–H and O–H groups in total. The minimum atomic E-state index is 0.212. The van der Waals surface area contributed by atoms with E-state index in [1.807, 2.05) is 24.3 Å². The Morgan fingerprint density at radius 2 is 1.77 bits per heavy atom. The summed E-state index contributed by atoms with van der Waals surface area (Å²) in [7, 11) is 0. The minimum Gasteiger partial charge on any atom is -0.507 e. The topological polar surface area (TPSA) is 20.2 Å². The van der Waals surface area contributed by atoms with Crippen molar-refractivity contribution in [3.8, 4) is 5.75 Å². The molecule has 66 valence electrons. The number of hydrogen-bond donors (Lipinski definition) is 1. The van der Waals surface area contributed by atoms with Crippen LogP contribution in [-0.4, -0.2) is 5.11 Å². The molecule has 1 nitrogen and oxygen atoms in total. The summed E-state index contributed by atoms with van der Waals surface area (Å²) >= 11 is 9.26. The number of phenolic OH excluding ortho intramolecular Hbond substituents is 1. The fourth-order valence-electron chi connectivity index (χ4n) is 1.29. The highest BCUT2D eigenvalue weighted by Gasteiger charge is 2.06. The molecule has 0 aliphatic carbocycles. The second-order valence-electron chi connectivity index (χ2n) is 2.74. The number of phenols is 1. The fourth-order valence-corrected chi connectivity index (χ4v) is 1.95. The zero-order valence-electron chi connectivity index (χ0n) is 6.59. The Balaban J connectivity index is 2.97. The summed E-state index contributed by atoms with van der Waals surface area (Å²) in [6, 6.07) is 9.08. The van der Waals surface area contributed by atoms with E-state index in [2.05, 4.69) is 15.9 Å². The molecule has 2 aromatic carbocycles. The van der Waals surface area contributed by atoms with Gasteiger partial charge in [0.15, 0.2) is 0 Å². The predicted octanol–water partition coefficient (Wildman–Crippen LogP) is 3.96. The monoisotopic (exact) mass is 256 g/mol. The largest absolute Gasteiger partial charge is 0.507 e. The molecule has 0 fully saturated rings. The summed E-state index contributed by atoms with van der Waals surface area (Å²) in [6.07, 6.45) is 0. The van der Waals surface area contributed by atoms with Gasteiger partial charge in [0.25, 0.3) is 0 Å². The van der Waals surface area contributed by atoms with Gasteiger partial charge in [-0.25, -0.2) is 0 Å². The Labute approximate surface area is 89.1 Å². The average Bonchev–Trinajstić information content (AvgIpc) is 2.15. The third-order valence-corrected chi connectivity index (χ3v) is 3.29. The number of aromatic hydroxyl groups is 1. The Hall–Kier alpha value is -0.730. The molecule has 0 spiro atoms. The molecule has 2 aromatic rings. The number of benzene rings is 2. The van der Waals surface area contributed by atoms with Gasteiger partial charge in [-0.15, -0.1) is 0 Å². The van der Waals surface area contributed by atoms with E-state index in [0.29, 0.717) is 5.02 Å². The summed E-state index contributed by atoms with van der Waals surface area (Å²) in [5.74, 6) is 0.212. The molecule has 0 unspecified atom stereocenters. The first-order chi connectivity index (χ1) is 6.20. The molecule has 0 saturated carbocycles. The van der Waals surface area contributed by atoms with Gasteiger partial charge >= 0.3 is 0 Å². The van der Waals surface area contributed by atoms with Crippen LogP contribution in [0.15, 0.2) is 34.8 Å². The molecule has 3 heteroatoms. The van der Waals surface area contributed by atoms with Crippen LogP contribution in [0.4, 0.5) is 0 Å². The normalized spacial score (nSPS) is 10.6. The van der Waals surface area contributed by atoms with Crippen molar-refractivity contribution in [1.82, 2.24) is 0 Å². The van der Waals surface area contributed by atoms with Crippen LogP contribution in [-0.2, 0) is 0 Å². The lowest BCUT2D eigenvalue weighted by atomic mass is 10.1. The van der Waals surface area contributed by atoms with Gasteiger partial charge in [-0.2, -0.15) is 0 Å². The van der Waals surface area contributed by atoms with Crippen molar-refractivity contribution in [3.05, 3.63) is 39.8 Å². The first kappa shape index (κ1) is 8.85. The summed E-state index contributed by atoms with van der Waals surface area (Å²) in [6.45, 7) is 0. The Bertz CT molecular complexity index is 468. The molecule has 0 heterocycles. The van der Waals surface area contributed by atoms with Gasteiger partial charge in [0.2, 0.25) is 0 Å². The van der Waals surface area contributed by atoms with Crippen LogP contribution in [0.3, 0.4) is 0 Å². The van der Waals surface area contributed by atoms with Gasteiger partial charge < -0.3 is 5.11 Å². The standard InChI is InChI=1S/C10H6BrClO/c11-10-7-4-2-1-3-6(7)9(13)5-8(10)12/h1-5,13H. The van der Waals surface area contributed by atoms with Crippen LogP contribution in [0.1, 0.15) is 0 Å². The van der Waals surface area contributed by atoms with Crippen molar-refractivity contribution in [1.29, 1.82) is 0 Å². The molecule has 2 rings (SSSR count). The lowest BCUT2D eigenvalue weighted by Crippen LogP contribution is -1.77. The average molecular weight is 258 g/mol. The van der Waals surface area contributed by atoms with E-state index in [4.69, 9.17) is 11.6 Å². The highest BCUT2D eigenvalue weighted by atomic mass is 79.9. The first-order valence-electron chi connectivity index (χ1n) is 3.76. The van der Waals surface area contributed by atoms with E-state index in [9.17, 15) is 5.11 Å². The van der Waals surface area contributed by atoms with Crippen LogP contribution >= 0.6 is 27.5 Å². The van der Waals surface area contributed by atoms with Crippen molar-refractivity contribution < 1.29 is 5.11 Å². The molecule has 0 saturated heterocycles. The van der Waals surface area contributed by atoms with Crippen LogP contribution < -0.4 is 0 Å². The van der Waals surface area contributed by atoms with Gasteiger partial charge in [0.05, 0.1) is 5.02 Å². The second-order valence-corrected chi connectivity index (χ2v) is 3.94. The van der Waals surface area contributed by atoms with Gasteiger partial charge in [-0.3, -0.25) is 0 Å². The third kappa shape index (κ3) is 1.40. The minimum absolute atomic E-state index is 0.212. The lowest BCUT2D eigenvalue weighted by Gasteiger charge is -2.04. The van der Waals surface area contributed by atoms with E-state index in [1.54, 1.807) is 0 Å². The van der Waals surface area contributed by atoms with Gasteiger partial charge in [-0.05, 0) is 15.9 Å². The maximum absolute atomic E-state index is 9.57. The molecule has 0 aromatic heterocycles. The van der Waals surface area contributed by atoms with Crippen LogP contribution in [0, 0.1) is 0 Å². The smallest absolute Gasteiger partial charge is 0.124 e. The quantitative estimate of drug-likeness (QED) is 0.757. The lowest BCUT2D eigenvalue weighted by molar-refractivity contribution is 0.481. The Morgan fingerprint density at radius 3 is 2.46 bits per heavy atom. The molecular formula is C10H6BrClO. The molecule has 13 heavy (non-hydrogen) atoms. The third-order valence-electron chi connectivity index (χ3n) is 1.91. The van der Waals surface area contributed by atoms with E-state index >= 15 is 0 Å². The molecule has 0 aliphatic heterocycles. The highest BCUT2D eigenvalue weighted by Crippen LogP contribution is 2.36. The van der Waals surface area contributed by atoms with Crippen LogP contribution in [0.25, 0.3) is 10.8 Å². The highest BCUT2D eigenvalue weighted by molar-refractivity contribution is 9.10. The SMILES string of the molecule is Oc1cc(Cl)c(Br)c2ccccc12. The predicted molar refractivity (Wildman–Crippen MR) is 58.3 cm³/mol. The van der Waals surface area contributed by atoms with Crippen molar-refractivity contribution >= 4 is 38.3 Å². The number of rotatable bonds is 0. The van der Waals surface area contributed by atoms with Crippen molar-refractivity contribution in [2.45, 2.75) is 0 Å². The maximum atomic E-state index is 9.57. The molecule has 0 atom stereocenters. The maximum Gasteiger partial charge on any atom is 0.124 e. The summed E-state index contributed by atoms with van der Waals surface area (Å²) in [5, 5.41) is 11.8. The van der Waals surface area contributed by atoms with E-state index in [1.165, 1.54) is 6.07 Å². The second kappa shape index (κ2) is 3.20. The van der Waals surface area contributed by atoms with Crippen LogP contribution in [0.2, 0.25) is 5.02 Å². The summed E-state index contributed by atoms with van der Waals surface area (Å²) in [4.78, 5) is 0. The van der Waals surface area contributed by atoms with Crippen molar-refractivity contribution in [2.24, 2.45) is 0 Å². The van der Waals surface area contributed by atoms with E-state index in [-0.39, 0.29) is 5.75 Å². The fraction of sp³-hybridized carbons (Fsp3) is 0. The number of hydrogen-bond acceptors (Lipinski definition) is 1. The van der Waals surface area contributed by atoms with Gasteiger partial charge in [0.1, 0.15) is 5.75 Å². The van der Waals surface area contributed by atoms with E-state index < -0.39 is 0 Å². The van der Waals surface area contributed by atoms with Gasteiger partial charge in [0, 0.05) is 21.3 Å². The van der Waals surface area contributed by atoms with Crippen molar-refractivity contribution in [3.63, 3.8) is 0 Å². The van der Waals surface area contributed by atoms with Gasteiger partial charge in [-0.1, -0.05) is 35.9 Å². The zero-order valence-corrected chi connectivity index (χ0v) is 8.93. The number of halogens is 2. The molecular weight excluding hydrogens is 251 g/mol. The molecule has 0 aliphatic rings. The Morgan fingerprint density at radius 1 is 1.15 bits per heavy atom. The molecule has 0 radical (unpaired) electrons. The first-order valence-corrected chi connectivity index (χ1v) is 4.93. The molecule has 0 bridgehead atoms. The summed E-state index contributed by atoms with van der Waals surface area (Å²) in [5.41, 5.74) is 0. The Kier molecular flexibility index (Phi) is 2.18. The van der Waals surface area contributed by atoms with E-state index in [0.717, 1.165) is 15.2 Å².